The molecule has 0 aliphatic heterocycles. The molecule has 2 unspecified atom stereocenters. The molecule has 0 radical (unpaired) electrons. The van der Waals surface area contributed by atoms with Gasteiger partial charge in [-0.05, 0) is 50.5 Å². The summed E-state index contributed by atoms with van der Waals surface area (Å²) in [5.41, 5.74) is 7.12. The molecule has 3 rings (SSSR count). The standard InChI is InChI=1S/C18H24N2O2/c1-11(21)15-7-2-3-8-16(15)18(22)20-17-12-5-4-6-13(17)10-14(19)9-12/h2-3,7-8,12-14,17H,4-6,9-10,19H2,1H3,(H,20,22). The molecule has 2 bridgehead atoms. The van der Waals surface area contributed by atoms with E-state index in [1.807, 2.05) is 0 Å². The maximum atomic E-state index is 12.7. The predicted octanol–water partition coefficient (Wildman–Crippen LogP) is 2.53. The zero-order valence-electron chi connectivity index (χ0n) is 13.0. The van der Waals surface area contributed by atoms with E-state index in [1.165, 1.54) is 13.3 Å². The fraction of sp³-hybridized carbons (Fsp3) is 0.556. The van der Waals surface area contributed by atoms with E-state index in [-0.39, 0.29) is 23.8 Å². The monoisotopic (exact) mass is 300 g/mol. The Morgan fingerprint density at radius 3 is 2.27 bits per heavy atom. The van der Waals surface area contributed by atoms with Crippen LogP contribution in [0.5, 0.6) is 0 Å². The molecule has 3 N–H and O–H groups in total. The van der Waals surface area contributed by atoms with Crippen molar-refractivity contribution < 1.29 is 9.59 Å². The summed E-state index contributed by atoms with van der Waals surface area (Å²) >= 11 is 0. The molecule has 4 heteroatoms. The third kappa shape index (κ3) is 2.93. The first-order valence-electron chi connectivity index (χ1n) is 8.22. The maximum absolute atomic E-state index is 12.7. The summed E-state index contributed by atoms with van der Waals surface area (Å²) < 4.78 is 0. The Morgan fingerprint density at radius 1 is 1.09 bits per heavy atom. The Kier molecular flexibility index (Phi) is 4.30. The number of amides is 1. The molecule has 2 fully saturated rings. The van der Waals surface area contributed by atoms with Gasteiger partial charge in [-0.1, -0.05) is 24.6 Å². The van der Waals surface area contributed by atoms with Crippen molar-refractivity contribution in [2.45, 2.75) is 51.1 Å². The minimum absolute atomic E-state index is 0.0726. The summed E-state index contributed by atoms with van der Waals surface area (Å²) in [6, 6.07) is 7.53. The average molecular weight is 300 g/mol. The third-order valence-corrected chi connectivity index (χ3v) is 5.23. The number of nitrogens with one attached hydrogen (secondary N) is 1. The highest BCUT2D eigenvalue weighted by Gasteiger charge is 2.40. The van der Waals surface area contributed by atoms with Gasteiger partial charge in [0.1, 0.15) is 0 Å². The molecule has 4 nitrogen and oxygen atoms in total. The molecular weight excluding hydrogens is 276 g/mol. The van der Waals surface area contributed by atoms with Gasteiger partial charge in [0.15, 0.2) is 5.78 Å². The first-order valence-corrected chi connectivity index (χ1v) is 8.22. The van der Waals surface area contributed by atoms with E-state index in [0.29, 0.717) is 23.0 Å². The number of hydrogen-bond donors (Lipinski definition) is 2. The molecular formula is C18H24N2O2. The molecule has 118 valence electrons. The van der Waals surface area contributed by atoms with E-state index in [0.717, 1.165) is 25.7 Å². The second-order valence-corrected chi connectivity index (χ2v) is 6.78. The van der Waals surface area contributed by atoms with Gasteiger partial charge >= 0.3 is 0 Å². The number of carbonyl (C=O) groups is 2. The highest BCUT2D eigenvalue weighted by Crippen LogP contribution is 2.39. The normalized spacial score (nSPS) is 30.6. The molecule has 1 aromatic carbocycles. The van der Waals surface area contributed by atoms with E-state index in [1.54, 1.807) is 24.3 Å². The fourth-order valence-corrected chi connectivity index (χ4v) is 4.24. The van der Waals surface area contributed by atoms with Gasteiger partial charge in [0, 0.05) is 17.6 Å². The summed E-state index contributed by atoms with van der Waals surface area (Å²) in [5, 5.41) is 3.21. The van der Waals surface area contributed by atoms with E-state index < -0.39 is 0 Å². The lowest BCUT2D eigenvalue weighted by molar-refractivity contribution is 0.0752. The van der Waals surface area contributed by atoms with Crippen LogP contribution in [-0.4, -0.2) is 23.8 Å². The van der Waals surface area contributed by atoms with Crippen LogP contribution < -0.4 is 11.1 Å². The van der Waals surface area contributed by atoms with Gasteiger partial charge in [-0.25, -0.2) is 0 Å². The van der Waals surface area contributed by atoms with Gasteiger partial charge in [-0.3, -0.25) is 9.59 Å². The fourth-order valence-electron chi connectivity index (χ4n) is 4.24. The Bertz CT molecular complexity index is 570. The third-order valence-electron chi connectivity index (χ3n) is 5.23. The molecule has 2 saturated carbocycles. The summed E-state index contributed by atoms with van der Waals surface area (Å²) in [6.45, 7) is 1.50. The van der Waals surface area contributed by atoms with Gasteiger partial charge in [0.05, 0.1) is 5.56 Å². The summed E-state index contributed by atoms with van der Waals surface area (Å²) in [4.78, 5) is 24.4. The lowest BCUT2D eigenvalue weighted by atomic mass is 9.67. The number of ketones is 1. The summed E-state index contributed by atoms with van der Waals surface area (Å²) in [6.07, 6.45) is 5.51. The Morgan fingerprint density at radius 2 is 1.68 bits per heavy atom. The number of nitrogens with two attached hydrogens (primary N) is 1. The van der Waals surface area contributed by atoms with Crippen molar-refractivity contribution in [2.75, 3.05) is 0 Å². The summed E-state index contributed by atoms with van der Waals surface area (Å²) in [5.74, 6) is 0.770. The van der Waals surface area contributed by atoms with E-state index in [9.17, 15) is 9.59 Å². The number of benzene rings is 1. The smallest absolute Gasteiger partial charge is 0.252 e. The van der Waals surface area contributed by atoms with Crippen molar-refractivity contribution in [2.24, 2.45) is 17.6 Å². The van der Waals surface area contributed by atoms with Crippen LogP contribution in [0.4, 0.5) is 0 Å². The molecule has 0 heterocycles. The largest absolute Gasteiger partial charge is 0.349 e. The molecule has 1 amide bonds. The van der Waals surface area contributed by atoms with Crippen molar-refractivity contribution in [3.63, 3.8) is 0 Å². The minimum Gasteiger partial charge on any atom is -0.349 e. The van der Waals surface area contributed by atoms with Crippen LogP contribution in [-0.2, 0) is 0 Å². The molecule has 1 aromatic rings. The SMILES string of the molecule is CC(=O)c1ccccc1C(=O)NC1C2CCCC1CC(N)C2. The van der Waals surface area contributed by atoms with Gasteiger partial charge < -0.3 is 11.1 Å². The number of Topliss-reactive ketones (excluding diaryl/α,β-unsaturated/α-hetero) is 1. The molecule has 2 aliphatic rings. The Hall–Kier alpha value is -1.68. The van der Waals surface area contributed by atoms with Crippen LogP contribution in [0, 0.1) is 11.8 Å². The minimum atomic E-state index is -0.122. The van der Waals surface area contributed by atoms with E-state index in [4.69, 9.17) is 5.73 Å². The quantitative estimate of drug-likeness (QED) is 0.843. The zero-order chi connectivity index (χ0) is 15.7. The predicted molar refractivity (Wildman–Crippen MR) is 85.7 cm³/mol. The number of hydrogen-bond acceptors (Lipinski definition) is 3. The lowest BCUT2D eigenvalue weighted by Gasteiger charge is -2.45. The van der Waals surface area contributed by atoms with Gasteiger partial charge in [-0.2, -0.15) is 0 Å². The molecule has 0 aromatic heterocycles. The molecule has 22 heavy (non-hydrogen) atoms. The highest BCUT2D eigenvalue weighted by atomic mass is 16.2. The average Bonchev–Trinajstić information content (AvgIpc) is 2.48. The van der Waals surface area contributed by atoms with Crippen LogP contribution in [0.15, 0.2) is 24.3 Å². The van der Waals surface area contributed by atoms with Crippen molar-refractivity contribution in [1.82, 2.24) is 5.32 Å². The Labute approximate surface area is 131 Å². The van der Waals surface area contributed by atoms with Crippen LogP contribution in [0.25, 0.3) is 0 Å². The maximum Gasteiger partial charge on any atom is 0.252 e. The molecule has 2 aliphatic carbocycles. The van der Waals surface area contributed by atoms with Crippen molar-refractivity contribution in [3.05, 3.63) is 35.4 Å². The molecule has 0 spiro atoms. The van der Waals surface area contributed by atoms with E-state index in [2.05, 4.69) is 5.32 Å². The second kappa shape index (κ2) is 6.21. The van der Waals surface area contributed by atoms with Crippen molar-refractivity contribution in [1.29, 1.82) is 0 Å². The first-order chi connectivity index (χ1) is 10.6. The lowest BCUT2D eigenvalue weighted by Crippen LogP contribution is -2.53. The zero-order valence-corrected chi connectivity index (χ0v) is 13.0. The van der Waals surface area contributed by atoms with Crippen molar-refractivity contribution >= 4 is 11.7 Å². The van der Waals surface area contributed by atoms with Gasteiger partial charge in [-0.15, -0.1) is 0 Å². The van der Waals surface area contributed by atoms with Gasteiger partial charge in [0.2, 0.25) is 0 Å². The first kappa shape index (κ1) is 15.2. The van der Waals surface area contributed by atoms with E-state index >= 15 is 0 Å². The van der Waals surface area contributed by atoms with Crippen molar-refractivity contribution in [3.8, 4) is 0 Å². The van der Waals surface area contributed by atoms with Crippen LogP contribution in [0.1, 0.15) is 59.7 Å². The molecule has 0 saturated heterocycles. The second-order valence-electron chi connectivity index (χ2n) is 6.78. The number of fused-ring (bicyclic) bond motifs is 2. The van der Waals surface area contributed by atoms with Crippen LogP contribution in [0.3, 0.4) is 0 Å². The van der Waals surface area contributed by atoms with Gasteiger partial charge in [0.25, 0.3) is 5.91 Å². The van der Waals surface area contributed by atoms with Crippen LogP contribution in [0.2, 0.25) is 0 Å². The highest BCUT2D eigenvalue weighted by molar-refractivity contribution is 6.07. The van der Waals surface area contributed by atoms with Crippen LogP contribution >= 0.6 is 0 Å². The number of carbonyl (C=O) groups excluding carboxylic acids is 2. The summed E-state index contributed by atoms with van der Waals surface area (Å²) in [7, 11) is 0. The topological polar surface area (TPSA) is 72.2 Å². The molecule has 2 atom stereocenters. The number of rotatable bonds is 3. The Balaban J connectivity index is 1.78.